The van der Waals surface area contributed by atoms with Crippen molar-refractivity contribution < 1.29 is 14.3 Å². The van der Waals surface area contributed by atoms with Gasteiger partial charge in [0, 0.05) is 30.5 Å². The Morgan fingerprint density at radius 2 is 1.65 bits per heavy atom. The minimum atomic E-state index is -0.265. The minimum absolute atomic E-state index is 0.0949. The maximum atomic E-state index is 12.5. The number of benzene rings is 2. The summed E-state index contributed by atoms with van der Waals surface area (Å²) >= 11 is 0. The highest BCUT2D eigenvalue weighted by atomic mass is 16.5. The number of nitrogens with one attached hydrogen (secondary N) is 2. The number of imidazole rings is 1. The number of aromatic nitrogens is 2. The summed E-state index contributed by atoms with van der Waals surface area (Å²) < 4.78 is 7.28. The molecule has 1 aliphatic rings. The van der Waals surface area contributed by atoms with E-state index in [0.29, 0.717) is 36.9 Å². The van der Waals surface area contributed by atoms with E-state index in [4.69, 9.17) is 4.74 Å². The highest BCUT2D eigenvalue weighted by molar-refractivity contribution is 6.02. The van der Waals surface area contributed by atoms with E-state index >= 15 is 0 Å². The summed E-state index contributed by atoms with van der Waals surface area (Å²) in [5.74, 6) is 1.12. The number of carbonyl (C=O) groups excluding carboxylic acids is 2. The molecule has 7 nitrogen and oxygen atoms in total. The topological polar surface area (TPSA) is 85.2 Å². The number of amides is 2. The first-order valence-electron chi connectivity index (χ1n) is 12.0. The quantitative estimate of drug-likeness (QED) is 0.442. The van der Waals surface area contributed by atoms with E-state index in [1.54, 1.807) is 24.7 Å². The predicted molar refractivity (Wildman–Crippen MR) is 133 cm³/mol. The van der Waals surface area contributed by atoms with Crippen molar-refractivity contribution in [3.8, 4) is 5.75 Å². The molecule has 4 rings (SSSR count). The molecular formula is C27H32N4O3. The zero-order chi connectivity index (χ0) is 23.8. The third-order valence-electron chi connectivity index (χ3n) is 6.09. The van der Waals surface area contributed by atoms with Gasteiger partial charge in [-0.25, -0.2) is 4.98 Å². The van der Waals surface area contributed by atoms with Gasteiger partial charge in [-0.3, -0.25) is 9.59 Å². The minimum Gasteiger partial charge on any atom is -0.494 e. The van der Waals surface area contributed by atoms with Crippen LogP contribution in [-0.2, 0) is 11.3 Å². The molecule has 3 aromatic rings. The Balaban J connectivity index is 1.27. The second-order valence-corrected chi connectivity index (χ2v) is 8.80. The lowest BCUT2D eigenvalue weighted by Gasteiger charge is -2.20. The van der Waals surface area contributed by atoms with Crippen molar-refractivity contribution in [1.29, 1.82) is 0 Å². The molecule has 1 saturated carbocycles. The Hall–Kier alpha value is -3.61. The van der Waals surface area contributed by atoms with Crippen molar-refractivity contribution in [2.75, 3.05) is 17.2 Å². The number of nitrogens with zero attached hydrogens (tertiary/aromatic N) is 2. The van der Waals surface area contributed by atoms with Gasteiger partial charge >= 0.3 is 0 Å². The fourth-order valence-corrected chi connectivity index (χ4v) is 4.33. The van der Waals surface area contributed by atoms with E-state index < -0.39 is 0 Å². The summed E-state index contributed by atoms with van der Waals surface area (Å²) in [7, 11) is 0. The first-order chi connectivity index (χ1) is 16.6. The molecule has 2 aromatic carbocycles. The summed E-state index contributed by atoms with van der Waals surface area (Å²) in [5.41, 5.74) is 2.90. The largest absolute Gasteiger partial charge is 0.494 e. The lowest BCUT2D eigenvalue weighted by atomic mass is 9.87. The zero-order valence-corrected chi connectivity index (χ0v) is 19.6. The highest BCUT2D eigenvalue weighted by Crippen LogP contribution is 2.26. The third-order valence-corrected chi connectivity index (χ3v) is 6.09. The molecule has 0 radical (unpaired) electrons. The van der Waals surface area contributed by atoms with Crippen LogP contribution in [0.4, 0.5) is 11.4 Å². The summed E-state index contributed by atoms with van der Waals surface area (Å²) in [5, 5.41) is 5.86. The summed E-state index contributed by atoms with van der Waals surface area (Å²) in [6, 6.07) is 15.0. The van der Waals surface area contributed by atoms with E-state index in [1.165, 1.54) is 19.3 Å². The molecule has 1 heterocycles. The van der Waals surface area contributed by atoms with Gasteiger partial charge in [0.1, 0.15) is 11.4 Å². The van der Waals surface area contributed by atoms with Crippen molar-refractivity contribution in [3.05, 3.63) is 72.3 Å². The zero-order valence-electron chi connectivity index (χ0n) is 19.6. The number of ether oxygens (including phenoxy) is 1. The normalized spacial score (nSPS) is 13.9. The molecule has 0 atom stereocenters. The van der Waals surface area contributed by atoms with Crippen LogP contribution < -0.4 is 15.4 Å². The first kappa shape index (κ1) is 23.5. The van der Waals surface area contributed by atoms with Gasteiger partial charge < -0.3 is 19.9 Å². The van der Waals surface area contributed by atoms with Crippen LogP contribution in [0.25, 0.3) is 0 Å². The fraction of sp³-hybridized carbons (Fsp3) is 0.370. The maximum absolute atomic E-state index is 12.5. The number of anilines is 2. The standard InChI is InChI=1S/C27H32N4O3/c1-2-34-24-14-12-23(13-15-24)30-27(33)25-18-31(19-28-25)17-21-8-10-22(11-9-21)29-26(32)16-20-6-4-3-5-7-20/h8-15,18-20H,2-7,16-17H2,1H3,(H,29,32)(H,30,33). The molecule has 1 aliphatic carbocycles. The van der Waals surface area contributed by atoms with Crippen molar-refractivity contribution in [2.24, 2.45) is 5.92 Å². The number of carbonyl (C=O) groups is 2. The summed E-state index contributed by atoms with van der Waals surface area (Å²) in [6.07, 6.45) is 10.1. The molecule has 2 amide bonds. The van der Waals surface area contributed by atoms with E-state index in [0.717, 1.165) is 29.8 Å². The van der Waals surface area contributed by atoms with E-state index in [9.17, 15) is 9.59 Å². The van der Waals surface area contributed by atoms with E-state index in [-0.39, 0.29) is 11.8 Å². The number of rotatable bonds is 9. The molecular weight excluding hydrogens is 428 g/mol. The van der Waals surface area contributed by atoms with Crippen LogP contribution in [0.1, 0.15) is 61.5 Å². The molecule has 1 fully saturated rings. The van der Waals surface area contributed by atoms with Crippen molar-refractivity contribution >= 4 is 23.2 Å². The molecule has 1 aromatic heterocycles. The van der Waals surface area contributed by atoms with Crippen molar-refractivity contribution in [2.45, 2.75) is 52.0 Å². The smallest absolute Gasteiger partial charge is 0.275 e. The monoisotopic (exact) mass is 460 g/mol. The average molecular weight is 461 g/mol. The second-order valence-electron chi connectivity index (χ2n) is 8.80. The van der Waals surface area contributed by atoms with E-state index in [1.807, 2.05) is 47.9 Å². The van der Waals surface area contributed by atoms with Crippen LogP contribution in [0.3, 0.4) is 0 Å². The lowest BCUT2D eigenvalue weighted by Crippen LogP contribution is -2.18. The molecule has 7 heteroatoms. The molecule has 0 spiro atoms. The van der Waals surface area contributed by atoms with Gasteiger partial charge in [-0.05, 0) is 67.6 Å². The van der Waals surface area contributed by atoms with Crippen molar-refractivity contribution in [1.82, 2.24) is 9.55 Å². The van der Waals surface area contributed by atoms with Gasteiger partial charge in [0.2, 0.25) is 5.91 Å². The van der Waals surface area contributed by atoms with Crippen LogP contribution in [0.15, 0.2) is 61.1 Å². The van der Waals surface area contributed by atoms with Gasteiger partial charge in [-0.1, -0.05) is 31.4 Å². The second kappa shape index (κ2) is 11.5. The molecule has 0 bridgehead atoms. The molecule has 0 aliphatic heterocycles. The van der Waals surface area contributed by atoms with Gasteiger partial charge in [-0.2, -0.15) is 0 Å². The third kappa shape index (κ3) is 6.70. The van der Waals surface area contributed by atoms with Gasteiger partial charge in [0.15, 0.2) is 0 Å². The Labute approximate surface area is 200 Å². The van der Waals surface area contributed by atoms with Crippen molar-refractivity contribution in [3.63, 3.8) is 0 Å². The van der Waals surface area contributed by atoms with Gasteiger partial charge in [0.25, 0.3) is 5.91 Å². The fourth-order valence-electron chi connectivity index (χ4n) is 4.33. The van der Waals surface area contributed by atoms with Crippen LogP contribution in [0.5, 0.6) is 5.75 Å². The highest BCUT2D eigenvalue weighted by Gasteiger charge is 2.17. The predicted octanol–water partition coefficient (Wildman–Crippen LogP) is 5.49. The molecule has 0 saturated heterocycles. The van der Waals surface area contributed by atoms with Crippen LogP contribution in [0.2, 0.25) is 0 Å². The SMILES string of the molecule is CCOc1ccc(NC(=O)c2cn(Cc3ccc(NC(=O)CC4CCCCC4)cc3)cn2)cc1. The first-order valence-corrected chi connectivity index (χ1v) is 12.0. The summed E-state index contributed by atoms with van der Waals surface area (Å²) in [4.78, 5) is 29.1. The van der Waals surface area contributed by atoms with Gasteiger partial charge in [-0.15, -0.1) is 0 Å². The van der Waals surface area contributed by atoms with Crippen LogP contribution >= 0.6 is 0 Å². The Bertz CT molecular complexity index is 1080. The van der Waals surface area contributed by atoms with Crippen LogP contribution in [-0.4, -0.2) is 28.0 Å². The Morgan fingerprint density at radius 1 is 0.971 bits per heavy atom. The molecule has 0 unspecified atom stereocenters. The Morgan fingerprint density at radius 3 is 2.35 bits per heavy atom. The van der Waals surface area contributed by atoms with E-state index in [2.05, 4.69) is 15.6 Å². The lowest BCUT2D eigenvalue weighted by molar-refractivity contribution is -0.117. The van der Waals surface area contributed by atoms with Crippen LogP contribution in [0, 0.1) is 5.92 Å². The molecule has 34 heavy (non-hydrogen) atoms. The molecule has 178 valence electrons. The number of hydrogen-bond donors (Lipinski definition) is 2. The van der Waals surface area contributed by atoms with Gasteiger partial charge in [0.05, 0.1) is 12.9 Å². The molecule has 2 N–H and O–H groups in total. The summed E-state index contributed by atoms with van der Waals surface area (Å²) in [6.45, 7) is 3.11. The number of hydrogen-bond acceptors (Lipinski definition) is 4. The average Bonchev–Trinajstić information content (AvgIpc) is 3.31. The maximum Gasteiger partial charge on any atom is 0.275 e. The Kier molecular flexibility index (Phi) is 7.96.